The molecule has 0 aromatic carbocycles. The van der Waals surface area contributed by atoms with Crippen LogP contribution in [0.25, 0.3) is 0 Å². The summed E-state index contributed by atoms with van der Waals surface area (Å²) < 4.78 is 0. The van der Waals surface area contributed by atoms with Crippen molar-refractivity contribution < 1.29 is 5.11 Å². The van der Waals surface area contributed by atoms with E-state index in [2.05, 4.69) is 4.98 Å². The highest BCUT2D eigenvalue weighted by molar-refractivity contribution is 5.34. The number of hydrogen-bond donors (Lipinski definition) is 1. The van der Waals surface area contributed by atoms with E-state index in [0.717, 1.165) is 17.5 Å². The minimum absolute atomic E-state index is 0.291. The lowest BCUT2D eigenvalue weighted by atomic mass is 10.1. The zero-order chi connectivity index (χ0) is 9.56. The molecule has 0 aliphatic carbocycles. The minimum atomic E-state index is 0.291. The average molecular weight is 167 g/mol. The first-order valence-electron chi connectivity index (χ1n) is 4.38. The highest BCUT2D eigenvalue weighted by Gasteiger charge is 1.99. The summed E-state index contributed by atoms with van der Waals surface area (Å²) >= 11 is 0. The molecule has 0 radical (unpaired) electrons. The van der Waals surface area contributed by atoms with Crippen molar-refractivity contribution >= 4 is 0 Å². The molecular formula is C10H17NO. The molecule has 1 rings (SSSR count). The first-order valence-corrected chi connectivity index (χ1v) is 4.38. The summed E-state index contributed by atoms with van der Waals surface area (Å²) in [6.07, 6.45) is 4.18. The second-order valence-corrected chi connectivity index (χ2v) is 2.30. The van der Waals surface area contributed by atoms with E-state index in [0.29, 0.717) is 5.75 Å². The lowest BCUT2D eigenvalue weighted by Crippen LogP contribution is -1.87. The Balaban J connectivity index is 0.000000561. The van der Waals surface area contributed by atoms with Crippen LogP contribution in [0.1, 0.15) is 31.9 Å². The largest absolute Gasteiger partial charge is 0.506 e. The van der Waals surface area contributed by atoms with Gasteiger partial charge in [0.25, 0.3) is 0 Å². The summed E-state index contributed by atoms with van der Waals surface area (Å²) in [6.45, 7) is 7.94. The Bertz CT molecular complexity index is 233. The van der Waals surface area contributed by atoms with Crippen molar-refractivity contribution in [2.24, 2.45) is 0 Å². The molecule has 0 saturated heterocycles. The number of hydrogen-bond acceptors (Lipinski definition) is 2. The van der Waals surface area contributed by atoms with Gasteiger partial charge in [-0.05, 0) is 24.5 Å². The zero-order valence-corrected chi connectivity index (χ0v) is 8.26. The summed E-state index contributed by atoms with van der Waals surface area (Å²) in [7, 11) is 0. The van der Waals surface area contributed by atoms with Crippen LogP contribution in [0.3, 0.4) is 0 Å². The molecule has 0 spiro atoms. The summed E-state index contributed by atoms with van der Waals surface area (Å²) in [5.74, 6) is 0.291. The van der Waals surface area contributed by atoms with Crippen molar-refractivity contribution in [3.63, 3.8) is 0 Å². The van der Waals surface area contributed by atoms with Crippen LogP contribution in [-0.2, 0) is 6.42 Å². The monoisotopic (exact) mass is 167 g/mol. The highest BCUT2D eigenvalue weighted by atomic mass is 16.3. The van der Waals surface area contributed by atoms with E-state index >= 15 is 0 Å². The molecule has 1 aromatic heterocycles. The predicted molar refractivity (Wildman–Crippen MR) is 51.4 cm³/mol. The van der Waals surface area contributed by atoms with Crippen LogP contribution in [0.4, 0.5) is 0 Å². The Morgan fingerprint density at radius 3 is 2.33 bits per heavy atom. The summed E-state index contributed by atoms with van der Waals surface area (Å²) in [5, 5.41) is 9.17. The molecule has 2 heteroatoms. The van der Waals surface area contributed by atoms with E-state index in [-0.39, 0.29) is 0 Å². The minimum Gasteiger partial charge on any atom is -0.506 e. The van der Waals surface area contributed by atoms with Gasteiger partial charge in [-0.1, -0.05) is 20.8 Å². The molecule has 0 fully saturated rings. The smallest absolute Gasteiger partial charge is 0.137 e. The van der Waals surface area contributed by atoms with Gasteiger partial charge in [-0.15, -0.1) is 0 Å². The summed E-state index contributed by atoms with van der Waals surface area (Å²) in [5.41, 5.74) is 2.05. The maximum atomic E-state index is 9.17. The number of pyridine rings is 1. The van der Waals surface area contributed by atoms with E-state index in [1.165, 1.54) is 6.20 Å². The van der Waals surface area contributed by atoms with Crippen molar-refractivity contribution in [2.75, 3.05) is 0 Å². The Morgan fingerprint density at radius 1 is 1.33 bits per heavy atom. The molecule has 1 heterocycles. The molecule has 0 saturated carbocycles. The molecule has 0 unspecified atom stereocenters. The SMILES string of the molecule is CC.CCc1cncc(O)c1C. The van der Waals surface area contributed by atoms with Gasteiger partial charge in [-0.25, -0.2) is 0 Å². The highest BCUT2D eigenvalue weighted by Crippen LogP contribution is 2.17. The van der Waals surface area contributed by atoms with E-state index in [9.17, 15) is 0 Å². The maximum Gasteiger partial charge on any atom is 0.137 e. The molecule has 68 valence electrons. The third-order valence-corrected chi connectivity index (χ3v) is 1.67. The van der Waals surface area contributed by atoms with Gasteiger partial charge >= 0.3 is 0 Å². The van der Waals surface area contributed by atoms with Crippen LogP contribution in [0.15, 0.2) is 12.4 Å². The van der Waals surface area contributed by atoms with Gasteiger partial charge in [0.05, 0.1) is 6.20 Å². The zero-order valence-electron chi connectivity index (χ0n) is 8.26. The molecule has 12 heavy (non-hydrogen) atoms. The number of aromatic nitrogens is 1. The Hall–Kier alpha value is -1.05. The van der Waals surface area contributed by atoms with Gasteiger partial charge in [0, 0.05) is 6.20 Å². The van der Waals surface area contributed by atoms with Crippen LogP contribution < -0.4 is 0 Å². The van der Waals surface area contributed by atoms with Crippen LogP contribution >= 0.6 is 0 Å². The second-order valence-electron chi connectivity index (χ2n) is 2.30. The first-order chi connectivity index (χ1) is 5.75. The number of rotatable bonds is 1. The summed E-state index contributed by atoms with van der Waals surface area (Å²) in [4.78, 5) is 3.87. The summed E-state index contributed by atoms with van der Waals surface area (Å²) in [6, 6.07) is 0. The van der Waals surface area contributed by atoms with E-state index in [4.69, 9.17) is 5.11 Å². The average Bonchev–Trinajstić information content (AvgIpc) is 2.13. The topological polar surface area (TPSA) is 33.1 Å². The van der Waals surface area contributed by atoms with E-state index in [1.807, 2.05) is 27.7 Å². The van der Waals surface area contributed by atoms with Crippen LogP contribution in [-0.4, -0.2) is 10.1 Å². The van der Waals surface area contributed by atoms with E-state index < -0.39 is 0 Å². The normalized spacial score (nSPS) is 8.67. The maximum absolute atomic E-state index is 9.17. The van der Waals surface area contributed by atoms with Crippen molar-refractivity contribution in [3.05, 3.63) is 23.5 Å². The number of aromatic hydroxyl groups is 1. The fourth-order valence-corrected chi connectivity index (χ4v) is 0.912. The van der Waals surface area contributed by atoms with Gasteiger partial charge < -0.3 is 5.11 Å². The van der Waals surface area contributed by atoms with Crippen LogP contribution in [0.2, 0.25) is 0 Å². The molecule has 0 aliphatic heterocycles. The lowest BCUT2D eigenvalue weighted by Gasteiger charge is -2.01. The molecule has 0 atom stereocenters. The van der Waals surface area contributed by atoms with Crippen molar-refractivity contribution in [1.29, 1.82) is 0 Å². The van der Waals surface area contributed by atoms with Gasteiger partial charge in [-0.2, -0.15) is 0 Å². The Morgan fingerprint density at radius 2 is 1.92 bits per heavy atom. The predicted octanol–water partition coefficient (Wildman–Crippen LogP) is 2.68. The molecule has 0 amide bonds. The first kappa shape index (κ1) is 11.0. The van der Waals surface area contributed by atoms with Crippen LogP contribution in [0, 0.1) is 6.92 Å². The fourth-order valence-electron chi connectivity index (χ4n) is 0.912. The van der Waals surface area contributed by atoms with Gasteiger partial charge in [0.15, 0.2) is 0 Å². The van der Waals surface area contributed by atoms with Gasteiger partial charge in [0.1, 0.15) is 5.75 Å². The number of aryl methyl sites for hydroxylation is 1. The molecule has 0 bridgehead atoms. The molecule has 2 nitrogen and oxygen atoms in total. The second kappa shape index (κ2) is 5.58. The Kier molecular flexibility index (Phi) is 5.09. The molecule has 1 aromatic rings. The quantitative estimate of drug-likeness (QED) is 0.697. The fraction of sp³-hybridized carbons (Fsp3) is 0.500. The molecule has 1 N–H and O–H groups in total. The van der Waals surface area contributed by atoms with Crippen molar-refractivity contribution in [3.8, 4) is 5.75 Å². The Labute approximate surface area is 74.3 Å². The van der Waals surface area contributed by atoms with Gasteiger partial charge in [-0.3, -0.25) is 4.98 Å². The third-order valence-electron chi connectivity index (χ3n) is 1.67. The third kappa shape index (κ3) is 2.53. The lowest BCUT2D eigenvalue weighted by molar-refractivity contribution is 0.467. The molecule has 0 aliphatic rings. The van der Waals surface area contributed by atoms with Gasteiger partial charge in [0.2, 0.25) is 0 Å². The molecular weight excluding hydrogens is 150 g/mol. The van der Waals surface area contributed by atoms with Crippen LogP contribution in [0.5, 0.6) is 5.75 Å². The number of nitrogens with zero attached hydrogens (tertiary/aromatic N) is 1. The van der Waals surface area contributed by atoms with Crippen molar-refractivity contribution in [2.45, 2.75) is 34.1 Å². The van der Waals surface area contributed by atoms with E-state index in [1.54, 1.807) is 6.20 Å². The van der Waals surface area contributed by atoms with Crippen molar-refractivity contribution in [1.82, 2.24) is 4.98 Å². The standard InChI is InChI=1S/C8H11NO.C2H6/c1-3-7-4-9-5-8(10)6(7)2;1-2/h4-5,10H,3H2,1-2H3;1-2H3.